The number of aromatic nitrogens is 1. The van der Waals surface area contributed by atoms with Crippen molar-refractivity contribution in [1.82, 2.24) is 15.2 Å². The van der Waals surface area contributed by atoms with Gasteiger partial charge in [-0.3, -0.25) is 0 Å². The van der Waals surface area contributed by atoms with Gasteiger partial charge in [0.05, 0.1) is 12.1 Å². The lowest BCUT2D eigenvalue weighted by Gasteiger charge is -2.33. The maximum Gasteiger partial charge on any atom is 0.318 e. The van der Waals surface area contributed by atoms with E-state index in [1.165, 1.54) is 16.6 Å². The molecule has 3 heterocycles. The first kappa shape index (κ1) is 14.6. The first-order valence-electron chi connectivity index (χ1n) is 8.49. The van der Waals surface area contributed by atoms with Crippen LogP contribution < -0.4 is 5.32 Å². The largest absolute Gasteiger partial charge is 0.376 e. The molecule has 2 aliphatic rings. The number of ether oxygens (including phenoxy) is 1. The Balaban J connectivity index is 1.50. The molecule has 2 aliphatic heterocycles. The van der Waals surface area contributed by atoms with Crippen molar-refractivity contribution in [3.05, 3.63) is 35.5 Å². The fourth-order valence-electron chi connectivity index (χ4n) is 3.81. The van der Waals surface area contributed by atoms with Crippen LogP contribution >= 0.6 is 0 Å². The molecule has 0 bridgehead atoms. The van der Waals surface area contributed by atoms with Crippen molar-refractivity contribution in [2.24, 2.45) is 0 Å². The van der Waals surface area contributed by atoms with Gasteiger partial charge in [0.15, 0.2) is 0 Å². The van der Waals surface area contributed by atoms with E-state index in [-0.39, 0.29) is 18.2 Å². The van der Waals surface area contributed by atoms with Crippen molar-refractivity contribution < 1.29 is 9.53 Å². The van der Waals surface area contributed by atoms with Crippen molar-refractivity contribution in [3.63, 3.8) is 0 Å². The van der Waals surface area contributed by atoms with E-state index in [1.807, 2.05) is 11.0 Å². The van der Waals surface area contributed by atoms with E-state index in [0.29, 0.717) is 6.54 Å². The highest BCUT2D eigenvalue weighted by molar-refractivity contribution is 5.86. The van der Waals surface area contributed by atoms with Crippen LogP contribution in [0.3, 0.4) is 0 Å². The summed E-state index contributed by atoms with van der Waals surface area (Å²) in [4.78, 5) is 18.0. The van der Waals surface area contributed by atoms with Crippen LogP contribution in [0.15, 0.2) is 24.3 Å². The molecule has 23 heavy (non-hydrogen) atoms. The molecule has 1 aromatic heterocycles. The number of carbonyl (C=O) groups is 1. The van der Waals surface area contributed by atoms with Crippen LogP contribution in [0.2, 0.25) is 0 Å². The van der Waals surface area contributed by atoms with Crippen molar-refractivity contribution in [2.45, 2.75) is 38.3 Å². The fraction of sp³-hybridized carbons (Fsp3) is 0.500. The monoisotopic (exact) mass is 313 g/mol. The van der Waals surface area contributed by atoms with E-state index in [2.05, 4.69) is 35.4 Å². The van der Waals surface area contributed by atoms with Crippen molar-refractivity contribution in [3.8, 4) is 0 Å². The smallest absolute Gasteiger partial charge is 0.318 e. The number of H-pyrrole nitrogens is 1. The lowest BCUT2D eigenvalue weighted by atomic mass is 9.98. The van der Waals surface area contributed by atoms with Crippen molar-refractivity contribution in [2.75, 3.05) is 19.7 Å². The number of nitrogens with one attached hydrogen (secondary N) is 2. The molecule has 1 aromatic carbocycles. The number of para-hydroxylation sites is 1. The summed E-state index contributed by atoms with van der Waals surface area (Å²) in [5, 5.41) is 4.32. The number of aromatic amines is 1. The van der Waals surface area contributed by atoms with Crippen LogP contribution in [0.5, 0.6) is 0 Å². The fourth-order valence-corrected chi connectivity index (χ4v) is 3.81. The minimum atomic E-state index is 0.0114. The molecule has 0 saturated carbocycles. The third-order valence-corrected chi connectivity index (χ3v) is 5.10. The van der Waals surface area contributed by atoms with Gasteiger partial charge in [-0.25, -0.2) is 4.79 Å². The quantitative estimate of drug-likeness (QED) is 0.895. The molecule has 5 nitrogen and oxygen atoms in total. The van der Waals surface area contributed by atoms with E-state index < -0.39 is 0 Å². The van der Waals surface area contributed by atoms with Gasteiger partial charge in [0.1, 0.15) is 0 Å². The average Bonchev–Trinajstić information content (AvgIpc) is 3.21. The van der Waals surface area contributed by atoms with Crippen LogP contribution in [-0.2, 0) is 11.2 Å². The minimum absolute atomic E-state index is 0.0114. The molecule has 2 atom stereocenters. The Labute approximate surface area is 136 Å². The molecule has 5 heteroatoms. The lowest BCUT2D eigenvalue weighted by molar-refractivity contribution is 0.107. The lowest BCUT2D eigenvalue weighted by Crippen LogP contribution is -2.46. The molecule has 0 aliphatic carbocycles. The van der Waals surface area contributed by atoms with Crippen LogP contribution in [0.25, 0.3) is 10.9 Å². The molecule has 1 fully saturated rings. The molecular formula is C18H23N3O2. The Morgan fingerprint density at radius 1 is 1.43 bits per heavy atom. The number of amides is 2. The number of fused-ring (bicyclic) bond motifs is 3. The average molecular weight is 313 g/mol. The van der Waals surface area contributed by atoms with Crippen LogP contribution in [-0.4, -0.2) is 41.7 Å². The Morgan fingerprint density at radius 2 is 2.30 bits per heavy atom. The second-order valence-electron chi connectivity index (χ2n) is 6.50. The van der Waals surface area contributed by atoms with E-state index >= 15 is 0 Å². The summed E-state index contributed by atoms with van der Waals surface area (Å²) in [7, 11) is 0. The van der Waals surface area contributed by atoms with E-state index in [1.54, 1.807) is 0 Å². The Hall–Kier alpha value is -2.01. The highest BCUT2D eigenvalue weighted by Gasteiger charge is 2.30. The number of hydrogen-bond acceptors (Lipinski definition) is 2. The van der Waals surface area contributed by atoms with E-state index in [9.17, 15) is 4.79 Å². The molecule has 0 radical (unpaired) electrons. The Kier molecular flexibility index (Phi) is 3.73. The summed E-state index contributed by atoms with van der Waals surface area (Å²) in [6, 6.07) is 8.45. The van der Waals surface area contributed by atoms with Gasteiger partial charge in [-0.2, -0.15) is 0 Å². The van der Waals surface area contributed by atoms with E-state index in [0.717, 1.165) is 37.9 Å². The molecule has 2 N–H and O–H groups in total. The summed E-state index contributed by atoms with van der Waals surface area (Å²) in [5.74, 6) is 0. The zero-order valence-electron chi connectivity index (χ0n) is 13.5. The molecular weight excluding hydrogens is 290 g/mol. The zero-order valence-corrected chi connectivity index (χ0v) is 13.5. The normalized spacial score (nSPS) is 24.0. The predicted molar refractivity (Wildman–Crippen MR) is 89.5 cm³/mol. The highest BCUT2D eigenvalue weighted by Crippen LogP contribution is 2.34. The number of rotatable bonds is 2. The molecule has 2 aromatic rings. The number of nitrogens with zero attached hydrogens (tertiary/aromatic N) is 1. The summed E-state index contributed by atoms with van der Waals surface area (Å²) >= 11 is 0. The highest BCUT2D eigenvalue weighted by atomic mass is 16.5. The summed E-state index contributed by atoms with van der Waals surface area (Å²) in [5.41, 5.74) is 3.69. The van der Waals surface area contributed by atoms with Gasteiger partial charge in [0.25, 0.3) is 0 Å². The van der Waals surface area contributed by atoms with Crippen molar-refractivity contribution >= 4 is 16.9 Å². The zero-order chi connectivity index (χ0) is 15.8. The third kappa shape index (κ3) is 2.59. The molecule has 0 unspecified atom stereocenters. The second kappa shape index (κ2) is 5.89. The summed E-state index contributed by atoms with van der Waals surface area (Å²) in [6.45, 7) is 4.28. The standard InChI is InChI=1S/C18H23N3O2/c1-12-17-15(14-6-2-3-7-16(14)20-17)8-9-21(12)18(22)19-11-13-5-4-10-23-13/h2-3,6-7,12-13,20H,4-5,8-11H2,1H3,(H,19,22)/t12-,13-/m1/s1. The summed E-state index contributed by atoms with van der Waals surface area (Å²) in [6.07, 6.45) is 3.22. The number of urea groups is 1. The van der Waals surface area contributed by atoms with Crippen LogP contribution in [0.1, 0.15) is 37.1 Å². The SMILES string of the molecule is C[C@@H]1c2[nH]c3ccccc3c2CCN1C(=O)NC[C@H]1CCCO1. The third-order valence-electron chi connectivity index (χ3n) is 5.10. The molecule has 4 rings (SSSR count). The predicted octanol–water partition coefficient (Wildman–Crippen LogP) is 2.98. The van der Waals surface area contributed by atoms with Gasteiger partial charge in [0.2, 0.25) is 0 Å². The van der Waals surface area contributed by atoms with Gasteiger partial charge < -0.3 is 19.9 Å². The topological polar surface area (TPSA) is 57.4 Å². The molecule has 2 amide bonds. The number of benzene rings is 1. The van der Waals surface area contributed by atoms with Crippen LogP contribution in [0.4, 0.5) is 4.79 Å². The summed E-state index contributed by atoms with van der Waals surface area (Å²) < 4.78 is 5.57. The molecule has 122 valence electrons. The Morgan fingerprint density at radius 3 is 3.13 bits per heavy atom. The maximum atomic E-state index is 12.5. The number of hydrogen-bond donors (Lipinski definition) is 2. The first-order valence-corrected chi connectivity index (χ1v) is 8.49. The van der Waals surface area contributed by atoms with Crippen molar-refractivity contribution in [1.29, 1.82) is 0 Å². The van der Waals surface area contributed by atoms with Gasteiger partial charge in [-0.15, -0.1) is 0 Å². The maximum absolute atomic E-state index is 12.5. The van der Waals surface area contributed by atoms with Gasteiger partial charge in [0, 0.05) is 36.3 Å². The minimum Gasteiger partial charge on any atom is -0.376 e. The second-order valence-corrected chi connectivity index (χ2v) is 6.50. The molecule has 1 saturated heterocycles. The van der Waals surface area contributed by atoms with E-state index in [4.69, 9.17) is 4.74 Å². The van der Waals surface area contributed by atoms with Gasteiger partial charge in [-0.05, 0) is 37.8 Å². The first-order chi connectivity index (χ1) is 11.2. The Bertz CT molecular complexity index is 718. The van der Waals surface area contributed by atoms with Crippen LogP contribution in [0, 0.1) is 0 Å². The van der Waals surface area contributed by atoms with Gasteiger partial charge >= 0.3 is 6.03 Å². The molecule has 0 spiro atoms. The van der Waals surface area contributed by atoms with Gasteiger partial charge in [-0.1, -0.05) is 18.2 Å². The number of carbonyl (C=O) groups excluding carboxylic acids is 1.